The van der Waals surface area contributed by atoms with Crippen molar-refractivity contribution < 1.29 is 13.2 Å². The number of hydrogen-bond acceptors (Lipinski definition) is 3. The highest BCUT2D eigenvalue weighted by molar-refractivity contribution is 7.90. The fourth-order valence-corrected chi connectivity index (χ4v) is 2.74. The molecule has 0 unspecified atom stereocenters. The Kier molecular flexibility index (Phi) is 5.11. The number of carbonyl (C=O) groups excluding carboxylic acids is 1. The second kappa shape index (κ2) is 6.16. The normalized spacial score (nSPS) is 11.9. The SMILES string of the molecule is CC=CCCc1ccc(C(=O)Cl)cc1S(C)(=O)=O. The first kappa shape index (κ1) is 14.9. The molecule has 0 aliphatic carbocycles. The number of benzene rings is 1. The van der Waals surface area contributed by atoms with Crippen molar-refractivity contribution in [3.8, 4) is 0 Å². The van der Waals surface area contributed by atoms with Crippen LogP contribution < -0.4 is 0 Å². The second-order valence-electron chi connectivity index (χ2n) is 3.98. The van der Waals surface area contributed by atoms with Crippen LogP contribution in [0, 0.1) is 0 Å². The van der Waals surface area contributed by atoms with Crippen molar-refractivity contribution in [2.45, 2.75) is 24.7 Å². The van der Waals surface area contributed by atoms with Crippen LogP contribution in [0.5, 0.6) is 0 Å². The van der Waals surface area contributed by atoms with Gasteiger partial charge in [0.1, 0.15) is 0 Å². The molecule has 3 nitrogen and oxygen atoms in total. The quantitative estimate of drug-likeness (QED) is 0.618. The second-order valence-corrected chi connectivity index (χ2v) is 6.30. The molecule has 0 N–H and O–H groups in total. The van der Waals surface area contributed by atoms with Gasteiger partial charge in [-0.1, -0.05) is 18.2 Å². The summed E-state index contributed by atoms with van der Waals surface area (Å²) in [5.74, 6) is 0. The van der Waals surface area contributed by atoms with Gasteiger partial charge in [-0.05, 0) is 49.1 Å². The van der Waals surface area contributed by atoms with Crippen LogP contribution in [-0.4, -0.2) is 19.9 Å². The fraction of sp³-hybridized carbons (Fsp3) is 0.308. The molecule has 0 amide bonds. The average Bonchev–Trinajstić information content (AvgIpc) is 2.28. The van der Waals surface area contributed by atoms with Crippen LogP contribution >= 0.6 is 11.6 Å². The van der Waals surface area contributed by atoms with Crippen LogP contribution in [-0.2, 0) is 16.3 Å². The van der Waals surface area contributed by atoms with Crippen molar-refractivity contribution in [3.05, 3.63) is 41.5 Å². The van der Waals surface area contributed by atoms with Crippen LogP contribution in [0.25, 0.3) is 0 Å². The lowest BCUT2D eigenvalue weighted by Crippen LogP contribution is -2.04. The van der Waals surface area contributed by atoms with Gasteiger partial charge in [-0.2, -0.15) is 0 Å². The van der Waals surface area contributed by atoms with E-state index in [1.165, 1.54) is 6.07 Å². The Balaban J connectivity index is 3.22. The molecule has 5 heteroatoms. The lowest BCUT2D eigenvalue weighted by atomic mass is 10.1. The van der Waals surface area contributed by atoms with E-state index in [9.17, 15) is 13.2 Å². The van der Waals surface area contributed by atoms with Gasteiger partial charge in [-0.3, -0.25) is 4.79 Å². The molecule has 0 atom stereocenters. The molecule has 98 valence electrons. The predicted octanol–water partition coefficient (Wildman–Crippen LogP) is 2.98. The third kappa shape index (κ3) is 3.96. The maximum absolute atomic E-state index is 11.7. The van der Waals surface area contributed by atoms with E-state index in [-0.39, 0.29) is 10.5 Å². The van der Waals surface area contributed by atoms with Gasteiger partial charge in [0.15, 0.2) is 9.84 Å². The van der Waals surface area contributed by atoms with Crippen molar-refractivity contribution >= 4 is 26.7 Å². The molecular weight excluding hydrogens is 272 g/mol. The van der Waals surface area contributed by atoms with Gasteiger partial charge in [-0.25, -0.2) is 8.42 Å². The van der Waals surface area contributed by atoms with Gasteiger partial charge in [0.25, 0.3) is 5.24 Å². The van der Waals surface area contributed by atoms with Gasteiger partial charge < -0.3 is 0 Å². The van der Waals surface area contributed by atoms with E-state index in [1.54, 1.807) is 12.1 Å². The molecule has 0 fully saturated rings. The Morgan fingerprint density at radius 1 is 1.39 bits per heavy atom. The summed E-state index contributed by atoms with van der Waals surface area (Å²) in [6.07, 6.45) is 6.38. The smallest absolute Gasteiger partial charge is 0.252 e. The number of aryl methyl sites for hydroxylation is 1. The first-order valence-corrected chi connectivity index (χ1v) is 7.77. The van der Waals surface area contributed by atoms with Crippen LogP contribution in [0.3, 0.4) is 0 Å². The zero-order valence-corrected chi connectivity index (χ0v) is 11.9. The molecule has 0 radical (unpaired) electrons. The van der Waals surface area contributed by atoms with E-state index < -0.39 is 15.1 Å². The Morgan fingerprint density at radius 2 is 2.06 bits per heavy atom. The minimum absolute atomic E-state index is 0.179. The Bertz CT molecular complexity index is 574. The molecule has 0 heterocycles. The topological polar surface area (TPSA) is 51.2 Å². The van der Waals surface area contributed by atoms with Gasteiger partial charge in [-0.15, -0.1) is 0 Å². The van der Waals surface area contributed by atoms with E-state index in [4.69, 9.17) is 11.6 Å². The summed E-state index contributed by atoms with van der Waals surface area (Å²) in [4.78, 5) is 11.2. The van der Waals surface area contributed by atoms with Crippen molar-refractivity contribution in [1.29, 1.82) is 0 Å². The Labute approximate surface area is 112 Å². The third-order valence-corrected chi connectivity index (χ3v) is 3.91. The highest BCUT2D eigenvalue weighted by Gasteiger charge is 2.15. The summed E-state index contributed by atoms with van der Waals surface area (Å²) in [5, 5.41) is -0.653. The highest BCUT2D eigenvalue weighted by Crippen LogP contribution is 2.20. The molecule has 0 saturated heterocycles. The molecule has 0 aliphatic rings. The van der Waals surface area contributed by atoms with Crippen molar-refractivity contribution in [2.75, 3.05) is 6.26 Å². The average molecular weight is 287 g/mol. The molecule has 0 aliphatic heterocycles. The number of allylic oxidation sites excluding steroid dienone is 2. The number of carbonyl (C=O) groups is 1. The van der Waals surface area contributed by atoms with Crippen LogP contribution in [0.2, 0.25) is 0 Å². The zero-order chi connectivity index (χ0) is 13.8. The zero-order valence-electron chi connectivity index (χ0n) is 10.3. The van der Waals surface area contributed by atoms with E-state index in [0.717, 1.165) is 12.7 Å². The third-order valence-electron chi connectivity index (χ3n) is 2.51. The van der Waals surface area contributed by atoms with Crippen molar-refractivity contribution in [3.63, 3.8) is 0 Å². The molecular formula is C13H15ClO3S. The first-order valence-electron chi connectivity index (χ1n) is 5.50. The van der Waals surface area contributed by atoms with E-state index in [1.807, 2.05) is 19.1 Å². The van der Waals surface area contributed by atoms with Gasteiger partial charge in [0.2, 0.25) is 0 Å². The minimum Gasteiger partial charge on any atom is -0.276 e. The summed E-state index contributed by atoms with van der Waals surface area (Å²) in [6.45, 7) is 1.91. The molecule has 1 aromatic rings. The number of rotatable bonds is 5. The largest absolute Gasteiger partial charge is 0.276 e. The monoisotopic (exact) mass is 286 g/mol. The molecule has 0 bridgehead atoms. The van der Waals surface area contributed by atoms with E-state index >= 15 is 0 Å². The molecule has 1 aromatic carbocycles. The van der Waals surface area contributed by atoms with Gasteiger partial charge in [0, 0.05) is 11.8 Å². The minimum atomic E-state index is -3.36. The summed E-state index contributed by atoms with van der Waals surface area (Å²) >= 11 is 5.36. The van der Waals surface area contributed by atoms with Crippen molar-refractivity contribution in [2.24, 2.45) is 0 Å². The Morgan fingerprint density at radius 3 is 2.56 bits per heavy atom. The summed E-state index contributed by atoms with van der Waals surface area (Å²) in [6, 6.07) is 4.54. The van der Waals surface area contributed by atoms with Gasteiger partial charge in [0.05, 0.1) is 4.90 Å². The fourth-order valence-electron chi connectivity index (χ4n) is 1.63. The maximum atomic E-state index is 11.7. The highest BCUT2D eigenvalue weighted by atomic mass is 35.5. The molecule has 1 rings (SSSR count). The lowest BCUT2D eigenvalue weighted by molar-refractivity contribution is 0.108. The molecule has 0 spiro atoms. The standard InChI is InChI=1S/C13H15ClO3S/c1-3-4-5-6-10-7-8-11(13(14)15)9-12(10)18(2,16)17/h3-4,7-9H,5-6H2,1-2H3. The predicted molar refractivity (Wildman–Crippen MR) is 72.9 cm³/mol. The lowest BCUT2D eigenvalue weighted by Gasteiger charge is -2.08. The number of sulfone groups is 1. The maximum Gasteiger partial charge on any atom is 0.252 e. The van der Waals surface area contributed by atoms with Crippen LogP contribution in [0.15, 0.2) is 35.2 Å². The molecule has 0 aromatic heterocycles. The molecule has 18 heavy (non-hydrogen) atoms. The van der Waals surface area contributed by atoms with Crippen LogP contribution in [0.4, 0.5) is 0 Å². The molecule has 0 saturated carbocycles. The first-order chi connectivity index (χ1) is 8.36. The number of halogens is 1. The summed E-state index contributed by atoms with van der Waals surface area (Å²) < 4.78 is 23.4. The van der Waals surface area contributed by atoms with Gasteiger partial charge >= 0.3 is 0 Å². The van der Waals surface area contributed by atoms with E-state index in [2.05, 4.69) is 0 Å². The summed E-state index contributed by atoms with van der Waals surface area (Å²) in [7, 11) is -3.36. The Hall–Kier alpha value is -1.13. The van der Waals surface area contributed by atoms with Crippen LogP contribution in [0.1, 0.15) is 29.3 Å². The van der Waals surface area contributed by atoms with Crippen molar-refractivity contribution in [1.82, 2.24) is 0 Å². The summed E-state index contributed by atoms with van der Waals surface area (Å²) in [5.41, 5.74) is 0.907. The van der Waals surface area contributed by atoms with E-state index in [0.29, 0.717) is 12.0 Å². The number of hydrogen-bond donors (Lipinski definition) is 0.